The standard InChI is InChI=1S/C12H18Cl2N2O/c1-3-16(5-6-17-4-2)12-7-10(8-13)11(14)9-15-12/h7,9H,3-6,8H2,1-2H3. The van der Waals surface area contributed by atoms with E-state index in [0.717, 1.165) is 31.1 Å². The maximum absolute atomic E-state index is 5.98. The molecule has 1 aromatic rings. The molecular weight excluding hydrogens is 259 g/mol. The monoisotopic (exact) mass is 276 g/mol. The van der Waals surface area contributed by atoms with Crippen LogP contribution in [0.25, 0.3) is 0 Å². The van der Waals surface area contributed by atoms with E-state index in [1.54, 1.807) is 6.20 Å². The molecule has 0 aliphatic carbocycles. The van der Waals surface area contributed by atoms with Crippen LogP contribution in [0, 0.1) is 0 Å². The molecule has 0 saturated heterocycles. The summed E-state index contributed by atoms with van der Waals surface area (Å²) in [5, 5.41) is 0.615. The number of anilines is 1. The Kier molecular flexibility index (Phi) is 6.63. The number of hydrogen-bond donors (Lipinski definition) is 0. The van der Waals surface area contributed by atoms with Gasteiger partial charge in [-0.25, -0.2) is 4.98 Å². The fourth-order valence-corrected chi connectivity index (χ4v) is 1.96. The van der Waals surface area contributed by atoms with E-state index in [1.165, 1.54) is 0 Å². The summed E-state index contributed by atoms with van der Waals surface area (Å²) in [7, 11) is 0. The predicted molar refractivity (Wildman–Crippen MR) is 73.2 cm³/mol. The average molecular weight is 277 g/mol. The number of nitrogens with zero attached hydrogens (tertiary/aromatic N) is 2. The number of alkyl halides is 1. The minimum absolute atomic E-state index is 0.400. The summed E-state index contributed by atoms with van der Waals surface area (Å²) in [6.07, 6.45) is 1.65. The fourth-order valence-electron chi connectivity index (χ4n) is 1.50. The quantitative estimate of drug-likeness (QED) is 0.564. The highest BCUT2D eigenvalue weighted by atomic mass is 35.5. The first-order valence-corrected chi connectivity index (χ1v) is 6.67. The summed E-state index contributed by atoms with van der Waals surface area (Å²) in [4.78, 5) is 6.46. The maximum atomic E-state index is 5.98. The maximum Gasteiger partial charge on any atom is 0.128 e. The Bertz CT molecular complexity index is 347. The fraction of sp³-hybridized carbons (Fsp3) is 0.583. The average Bonchev–Trinajstić information content (AvgIpc) is 2.36. The molecule has 1 heterocycles. The van der Waals surface area contributed by atoms with Gasteiger partial charge >= 0.3 is 0 Å². The first-order valence-electron chi connectivity index (χ1n) is 5.76. The van der Waals surface area contributed by atoms with Gasteiger partial charge in [-0.1, -0.05) is 11.6 Å². The van der Waals surface area contributed by atoms with Gasteiger partial charge in [0.05, 0.1) is 11.6 Å². The van der Waals surface area contributed by atoms with Crippen LogP contribution in [-0.4, -0.2) is 31.3 Å². The lowest BCUT2D eigenvalue weighted by atomic mass is 10.3. The number of aromatic nitrogens is 1. The molecule has 1 rings (SSSR count). The van der Waals surface area contributed by atoms with Crippen LogP contribution >= 0.6 is 23.2 Å². The highest BCUT2D eigenvalue weighted by molar-refractivity contribution is 6.32. The molecule has 5 heteroatoms. The summed E-state index contributed by atoms with van der Waals surface area (Å²) in [5.74, 6) is 1.30. The highest BCUT2D eigenvalue weighted by Gasteiger charge is 2.08. The van der Waals surface area contributed by atoms with Crippen molar-refractivity contribution in [2.45, 2.75) is 19.7 Å². The van der Waals surface area contributed by atoms with Gasteiger partial charge < -0.3 is 9.64 Å². The van der Waals surface area contributed by atoms with Crippen molar-refractivity contribution >= 4 is 29.0 Å². The van der Waals surface area contributed by atoms with Gasteiger partial charge in [0.2, 0.25) is 0 Å². The van der Waals surface area contributed by atoms with Gasteiger partial charge in [0.15, 0.2) is 0 Å². The molecule has 0 bridgehead atoms. The Labute approximate surface area is 113 Å². The van der Waals surface area contributed by atoms with E-state index in [1.807, 2.05) is 13.0 Å². The molecule has 3 nitrogen and oxygen atoms in total. The molecule has 0 saturated carbocycles. The SMILES string of the molecule is CCOCCN(CC)c1cc(CCl)c(Cl)cn1. The Hall–Kier alpha value is -0.510. The largest absolute Gasteiger partial charge is 0.380 e. The van der Waals surface area contributed by atoms with E-state index in [9.17, 15) is 0 Å². The second kappa shape index (κ2) is 7.75. The molecule has 0 N–H and O–H groups in total. The van der Waals surface area contributed by atoms with E-state index in [2.05, 4.69) is 16.8 Å². The zero-order chi connectivity index (χ0) is 12.7. The molecule has 0 radical (unpaired) electrons. The number of likely N-dealkylation sites (N-methyl/N-ethyl adjacent to an activating group) is 1. The number of ether oxygens (including phenoxy) is 1. The lowest BCUT2D eigenvalue weighted by Crippen LogP contribution is -2.28. The van der Waals surface area contributed by atoms with Crippen molar-refractivity contribution in [3.8, 4) is 0 Å². The van der Waals surface area contributed by atoms with Crippen molar-refractivity contribution in [3.05, 3.63) is 22.8 Å². The highest BCUT2D eigenvalue weighted by Crippen LogP contribution is 2.21. The smallest absolute Gasteiger partial charge is 0.128 e. The van der Waals surface area contributed by atoms with Crippen LogP contribution in [0.15, 0.2) is 12.3 Å². The Morgan fingerprint density at radius 2 is 2.18 bits per heavy atom. The topological polar surface area (TPSA) is 25.4 Å². The van der Waals surface area contributed by atoms with Crippen LogP contribution in [-0.2, 0) is 10.6 Å². The normalized spacial score (nSPS) is 10.6. The van der Waals surface area contributed by atoms with Crippen molar-refractivity contribution in [2.24, 2.45) is 0 Å². The van der Waals surface area contributed by atoms with Crippen molar-refractivity contribution in [1.82, 2.24) is 4.98 Å². The molecule has 1 aromatic heterocycles. The number of rotatable bonds is 7. The second-order valence-corrected chi connectivity index (χ2v) is 4.22. The lowest BCUT2D eigenvalue weighted by molar-refractivity contribution is 0.154. The number of hydrogen-bond acceptors (Lipinski definition) is 3. The van der Waals surface area contributed by atoms with Gasteiger partial charge in [0, 0.05) is 31.8 Å². The Balaban J connectivity index is 2.73. The van der Waals surface area contributed by atoms with Crippen LogP contribution in [0.3, 0.4) is 0 Å². The predicted octanol–water partition coefficient (Wildman–Crippen LogP) is 3.34. The third-order valence-electron chi connectivity index (χ3n) is 2.48. The third kappa shape index (κ3) is 4.34. The van der Waals surface area contributed by atoms with E-state index < -0.39 is 0 Å². The molecule has 17 heavy (non-hydrogen) atoms. The Morgan fingerprint density at radius 3 is 2.76 bits per heavy atom. The van der Waals surface area contributed by atoms with Crippen molar-refractivity contribution in [2.75, 3.05) is 31.2 Å². The van der Waals surface area contributed by atoms with Crippen LogP contribution in [0.5, 0.6) is 0 Å². The zero-order valence-corrected chi connectivity index (χ0v) is 11.8. The molecule has 0 fully saturated rings. The van der Waals surface area contributed by atoms with Gasteiger partial charge in [0.25, 0.3) is 0 Å². The molecule has 0 aromatic carbocycles. The molecule has 0 atom stereocenters. The van der Waals surface area contributed by atoms with E-state index >= 15 is 0 Å². The molecule has 0 aliphatic rings. The molecule has 0 unspecified atom stereocenters. The molecular formula is C12H18Cl2N2O. The van der Waals surface area contributed by atoms with Gasteiger partial charge in [-0.05, 0) is 25.5 Å². The zero-order valence-electron chi connectivity index (χ0n) is 10.2. The van der Waals surface area contributed by atoms with Crippen LogP contribution in [0.2, 0.25) is 5.02 Å². The summed E-state index contributed by atoms with van der Waals surface area (Å²) in [5.41, 5.74) is 0.910. The third-order valence-corrected chi connectivity index (χ3v) is 3.11. The van der Waals surface area contributed by atoms with Gasteiger partial charge in [-0.15, -0.1) is 11.6 Å². The lowest BCUT2D eigenvalue weighted by Gasteiger charge is -2.22. The van der Waals surface area contributed by atoms with Crippen molar-refractivity contribution < 1.29 is 4.74 Å². The van der Waals surface area contributed by atoms with Gasteiger partial charge in [-0.3, -0.25) is 0 Å². The van der Waals surface area contributed by atoms with Crippen molar-refractivity contribution in [1.29, 1.82) is 0 Å². The molecule has 0 aliphatic heterocycles. The summed E-state index contributed by atoms with van der Waals surface area (Å²) < 4.78 is 5.35. The number of pyridine rings is 1. The molecule has 0 spiro atoms. The summed E-state index contributed by atoms with van der Waals surface area (Å²) in [6.45, 7) is 7.21. The van der Waals surface area contributed by atoms with Gasteiger partial charge in [-0.2, -0.15) is 0 Å². The van der Waals surface area contributed by atoms with Crippen LogP contribution in [0.4, 0.5) is 5.82 Å². The summed E-state index contributed by atoms with van der Waals surface area (Å²) in [6, 6.07) is 1.94. The number of halogens is 2. The van der Waals surface area contributed by atoms with Crippen molar-refractivity contribution in [3.63, 3.8) is 0 Å². The minimum Gasteiger partial charge on any atom is -0.380 e. The van der Waals surface area contributed by atoms with Crippen LogP contribution in [0.1, 0.15) is 19.4 Å². The van der Waals surface area contributed by atoms with E-state index in [4.69, 9.17) is 27.9 Å². The van der Waals surface area contributed by atoms with E-state index in [0.29, 0.717) is 17.5 Å². The molecule has 96 valence electrons. The van der Waals surface area contributed by atoms with Gasteiger partial charge in [0.1, 0.15) is 5.82 Å². The first kappa shape index (κ1) is 14.6. The second-order valence-electron chi connectivity index (χ2n) is 3.54. The molecule has 0 amide bonds. The van der Waals surface area contributed by atoms with E-state index in [-0.39, 0.29) is 0 Å². The minimum atomic E-state index is 0.400. The Morgan fingerprint density at radius 1 is 1.41 bits per heavy atom. The first-order chi connectivity index (χ1) is 8.22. The summed E-state index contributed by atoms with van der Waals surface area (Å²) >= 11 is 11.8. The van der Waals surface area contributed by atoms with Crippen LogP contribution < -0.4 is 4.90 Å².